The van der Waals surface area contributed by atoms with Gasteiger partial charge in [0.1, 0.15) is 0 Å². The zero-order valence-electron chi connectivity index (χ0n) is 13.5. The van der Waals surface area contributed by atoms with Gasteiger partial charge in [0.2, 0.25) is 0 Å². The molecule has 0 aliphatic heterocycles. The molecule has 4 unspecified atom stereocenters. The summed E-state index contributed by atoms with van der Waals surface area (Å²) in [7, 11) is 2.14. The van der Waals surface area contributed by atoms with E-state index in [4.69, 9.17) is 5.10 Å². The van der Waals surface area contributed by atoms with Crippen molar-refractivity contribution in [1.29, 1.82) is 0 Å². The van der Waals surface area contributed by atoms with E-state index in [0.717, 1.165) is 37.1 Å². The van der Waals surface area contributed by atoms with Gasteiger partial charge in [0.25, 0.3) is 0 Å². The first-order valence-electron chi connectivity index (χ1n) is 8.59. The van der Waals surface area contributed by atoms with E-state index < -0.39 is 0 Å². The predicted octanol–water partition coefficient (Wildman–Crippen LogP) is 3.79. The molecule has 0 saturated heterocycles. The largest absolute Gasteiger partial charge is 0.316 e. The van der Waals surface area contributed by atoms with E-state index in [1.807, 2.05) is 0 Å². The molecule has 118 valence electrons. The van der Waals surface area contributed by atoms with Crippen molar-refractivity contribution in [2.24, 2.45) is 17.8 Å². The van der Waals surface area contributed by atoms with Gasteiger partial charge in [0, 0.05) is 19.0 Å². The second-order valence-corrected chi connectivity index (χ2v) is 7.61. The molecule has 4 atom stereocenters. The summed E-state index contributed by atoms with van der Waals surface area (Å²) in [6.07, 6.45) is 7.97. The normalized spacial score (nSPS) is 29.2. The van der Waals surface area contributed by atoms with Crippen LogP contribution in [0.4, 0.5) is 0 Å². The van der Waals surface area contributed by atoms with Crippen molar-refractivity contribution in [3.05, 3.63) is 15.9 Å². The lowest BCUT2D eigenvalue weighted by molar-refractivity contribution is 0.252. The summed E-state index contributed by atoms with van der Waals surface area (Å²) in [5.41, 5.74) is 2.59. The van der Waals surface area contributed by atoms with E-state index in [0.29, 0.717) is 6.04 Å². The number of nitrogens with one attached hydrogen (secondary N) is 1. The average Bonchev–Trinajstić information content (AvgIpc) is 3.19. The third-order valence-electron chi connectivity index (χ3n) is 5.79. The van der Waals surface area contributed by atoms with Crippen molar-refractivity contribution in [2.75, 3.05) is 7.05 Å². The zero-order chi connectivity index (χ0) is 15.0. The van der Waals surface area contributed by atoms with Crippen LogP contribution in [-0.4, -0.2) is 22.9 Å². The molecule has 1 N–H and O–H groups in total. The van der Waals surface area contributed by atoms with Gasteiger partial charge in [-0.15, -0.1) is 0 Å². The summed E-state index contributed by atoms with van der Waals surface area (Å²) in [5, 5.41) is 8.37. The topological polar surface area (TPSA) is 29.9 Å². The Kier molecular flexibility index (Phi) is 4.75. The fraction of sp³-hybridized carbons (Fsp3) is 0.824. The van der Waals surface area contributed by atoms with Gasteiger partial charge in [-0.25, -0.2) is 0 Å². The molecule has 2 saturated carbocycles. The van der Waals surface area contributed by atoms with E-state index in [1.54, 1.807) is 0 Å². The van der Waals surface area contributed by atoms with Crippen LogP contribution in [-0.2, 0) is 19.4 Å². The minimum atomic E-state index is 0.600. The highest BCUT2D eigenvalue weighted by atomic mass is 79.9. The number of hydrogen-bond donors (Lipinski definition) is 1. The summed E-state index contributed by atoms with van der Waals surface area (Å²) in [4.78, 5) is 0. The highest BCUT2D eigenvalue weighted by Crippen LogP contribution is 2.50. The molecule has 21 heavy (non-hydrogen) atoms. The summed E-state index contributed by atoms with van der Waals surface area (Å²) >= 11 is 3.80. The number of aryl methyl sites for hydroxylation is 2. The molecule has 0 spiro atoms. The van der Waals surface area contributed by atoms with Crippen LogP contribution >= 0.6 is 15.9 Å². The fourth-order valence-electron chi connectivity index (χ4n) is 4.67. The Hall–Kier alpha value is -0.350. The van der Waals surface area contributed by atoms with E-state index in [9.17, 15) is 0 Å². The average molecular weight is 354 g/mol. The van der Waals surface area contributed by atoms with Crippen molar-refractivity contribution in [3.8, 4) is 0 Å². The quantitative estimate of drug-likeness (QED) is 0.842. The standard InChI is InChI=1S/C17H28BrN3/c1-4-14-17(18)16(21(5-2)20-14)10-15(19-3)13-9-11-6-7-12(13)8-11/h11-13,15,19H,4-10H2,1-3H3. The molecule has 0 radical (unpaired) electrons. The van der Waals surface area contributed by atoms with Crippen molar-refractivity contribution < 1.29 is 0 Å². The van der Waals surface area contributed by atoms with Gasteiger partial charge in [0.15, 0.2) is 0 Å². The Bertz CT molecular complexity index is 496. The number of halogens is 1. The van der Waals surface area contributed by atoms with Gasteiger partial charge < -0.3 is 5.32 Å². The van der Waals surface area contributed by atoms with Crippen molar-refractivity contribution >= 4 is 15.9 Å². The summed E-state index contributed by atoms with van der Waals surface area (Å²) in [6, 6.07) is 0.600. The van der Waals surface area contributed by atoms with E-state index in [1.165, 1.54) is 41.5 Å². The maximum Gasteiger partial charge on any atom is 0.0766 e. The van der Waals surface area contributed by atoms with E-state index in [-0.39, 0.29) is 0 Å². The number of hydrogen-bond acceptors (Lipinski definition) is 2. The Balaban J connectivity index is 1.79. The van der Waals surface area contributed by atoms with Crippen molar-refractivity contribution in [2.45, 2.75) is 65.0 Å². The Morgan fingerprint density at radius 3 is 2.67 bits per heavy atom. The molecule has 3 nitrogen and oxygen atoms in total. The minimum Gasteiger partial charge on any atom is -0.316 e. The maximum atomic E-state index is 4.75. The molecule has 2 aliphatic rings. The molecular weight excluding hydrogens is 326 g/mol. The number of rotatable bonds is 6. The second-order valence-electron chi connectivity index (χ2n) is 6.81. The Morgan fingerprint density at radius 2 is 2.14 bits per heavy atom. The SMILES string of the molecule is CCc1nn(CC)c(CC(NC)C2CC3CCC2C3)c1Br. The van der Waals surface area contributed by atoms with Crippen molar-refractivity contribution in [3.63, 3.8) is 0 Å². The Morgan fingerprint density at radius 1 is 1.33 bits per heavy atom. The molecule has 0 amide bonds. The van der Waals surface area contributed by atoms with Crippen LogP contribution in [0.2, 0.25) is 0 Å². The Labute approximate surface area is 137 Å². The molecule has 0 aromatic carbocycles. The van der Waals surface area contributed by atoms with Gasteiger partial charge in [-0.3, -0.25) is 4.68 Å². The number of likely N-dealkylation sites (N-methyl/N-ethyl adjacent to an activating group) is 1. The van der Waals surface area contributed by atoms with Gasteiger partial charge in [-0.1, -0.05) is 13.3 Å². The summed E-state index contributed by atoms with van der Waals surface area (Å²) in [5.74, 6) is 2.85. The summed E-state index contributed by atoms with van der Waals surface area (Å²) in [6.45, 7) is 5.33. The van der Waals surface area contributed by atoms with Crippen LogP contribution in [0.5, 0.6) is 0 Å². The van der Waals surface area contributed by atoms with Gasteiger partial charge >= 0.3 is 0 Å². The highest BCUT2D eigenvalue weighted by Gasteiger charge is 2.42. The smallest absolute Gasteiger partial charge is 0.0766 e. The fourth-order valence-corrected chi connectivity index (χ4v) is 5.40. The van der Waals surface area contributed by atoms with Crippen LogP contribution in [0.15, 0.2) is 4.47 Å². The van der Waals surface area contributed by atoms with Crippen LogP contribution < -0.4 is 5.32 Å². The predicted molar refractivity (Wildman–Crippen MR) is 90.5 cm³/mol. The first kappa shape index (κ1) is 15.5. The number of nitrogens with zero attached hydrogens (tertiary/aromatic N) is 2. The van der Waals surface area contributed by atoms with Gasteiger partial charge in [-0.05, 0) is 73.3 Å². The molecule has 3 rings (SSSR count). The molecule has 1 heterocycles. The third kappa shape index (κ3) is 2.81. The van der Waals surface area contributed by atoms with E-state index >= 15 is 0 Å². The lowest BCUT2D eigenvalue weighted by Crippen LogP contribution is -2.38. The zero-order valence-corrected chi connectivity index (χ0v) is 15.1. The number of fused-ring (bicyclic) bond motifs is 2. The molecule has 2 aliphatic carbocycles. The minimum absolute atomic E-state index is 0.600. The lowest BCUT2D eigenvalue weighted by atomic mass is 9.81. The lowest BCUT2D eigenvalue weighted by Gasteiger charge is -2.30. The van der Waals surface area contributed by atoms with Crippen LogP contribution in [0.3, 0.4) is 0 Å². The molecular formula is C17H28BrN3. The molecule has 2 bridgehead atoms. The third-order valence-corrected chi connectivity index (χ3v) is 6.70. The first-order valence-corrected chi connectivity index (χ1v) is 9.38. The molecule has 1 aromatic heterocycles. The van der Waals surface area contributed by atoms with Crippen molar-refractivity contribution in [1.82, 2.24) is 15.1 Å². The molecule has 2 fully saturated rings. The molecule has 4 heteroatoms. The first-order chi connectivity index (χ1) is 10.2. The van der Waals surface area contributed by atoms with Crippen LogP contribution in [0, 0.1) is 17.8 Å². The summed E-state index contributed by atoms with van der Waals surface area (Å²) < 4.78 is 3.44. The van der Waals surface area contributed by atoms with Crippen LogP contribution in [0.1, 0.15) is 50.9 Å². The number of aromatic nitrogens is 2. The molecule has 1 aromatic rings. The van der Waals surface area contributed by atoms with Gasteiger partial charge in [0.05, 0.1) is 15.9 Å². The monoisotopic (exact) mass is 353 g/mol. The highest BCUT2D eigenvalue weighted by molar-refractivity contribution is 9.10. The van der Waals surface area contributed by atoms with Gasteiger partial charge in [-0.2, -0.15) is 5.10 Å². The second kappa shape index (κ2) is 6.41. The van der Waals surface area contributed by atoms with Crippen LogP contribution in [0.25, 0.3) is 0 Å². The van der Waals surface area contributed by atoms with E-state index in [2.05, 4.69) is 46.8 Å². The maximum absolute atomic E-state index is 4.75.